The van der Waals surface area contributed by atoms with Crippen molar-refractivity contribution in [2.45, 2.75) is 12.7 Å². The number of aliphatic hydroxyl groups is 1. The van der Waals surface area contributed by atoms with Gasteiger partial charge in [-0.25, -0.2) is 0 Å². The lowest BCUT2D eigenvalue weighted by atomic mass is 10.3. The van der Waals surface area contributed by atoms with Crippen LogP contribution in [0, 0.1) is 0 Å². The Morgan fingerprint density at radius 1 is 1.35 bits per heavy atom. The van der Waals surface area contributed by atoms with Gasteiger partial charge in [0.25, 0.3) is 0 Å². The fourth-order valence-electron chi connectivity index (χ4n) is 1.72. The molecule has 1 aromatic heterocycles. The molecule has 2 rings (SSSR count). The van der Waals surface area contributed by atoms with Crippen LogP contribution in [0.25, 0.3) is 0 Å². The molecule has 0 saturated heterocycles. The first-order chi connectivity index (χ1) is 11.0. The maximum absolute atomic E-state index is 9.83. The number of rotatable bonds is 7. The Kier molecular flexibility index (Phi) is 7.14. The summed E-state index contributed by atoms with van der Waals surface area (Å²) in [5.74, 6) is 0.708. The largest absolute Gasteiger partial charge is 0.467 e. The average molecular weight is 375 g/mol. The van der Waals surface area contributed by atoms with Crippen LogP contribution in [0.5, 0.6) is 0 Å². The summed E-state index contributed by atoms with van der Waals surface area (Å²) in [4.78, 5) is 0. The number of furan rings is 1. The summed E-state index contributed by atoms with van der Waals surface area (Å²) in [5.41, 5.74) is 0.636. The van der Waals surface area contributed by atoms with Crippen LogP contribution in [0.3, 0.4) is 0 Å². The number of halogens is 2. The molecule has 1 heterocycles. The number of thiocarbonyl (C=S) groups is 1. The topological polar surface area (TPSA) is 66.7 Å². The van der Waals surface area contributed by atoms with Crippen LogP contribution in [0.4, 0.5) is 5.69 Å². The number of aliphatic hydroxyl groups excluding tert-OH is 1. The third kappa shape index (κ3) is 6.37. The Hall–Kier alpha value is -1.31. The zero-order valence-electron chi connectivity index (χ0n) is 12.1. The highest BCUT2D eigenvalue weighted by Gasteiger charge is 2.08. The molecule has 5 nitrogen and oxygen atoms in total. The molecule has 3 N–H and O–H groups in total. The second-order valence-electron chi connectivity index (χ2n) is 4.71. The fraction of sp³-hybridized carbons (Fsp3) is 0.267. The van der Waals surface area contributed by atoms with E-state index in [1.165, 1.54) is 0 Å². The molecule has 0 bridgehead atoms. The van der Waals surface area contributed by atoms with Crippen molar-refractivity contribution in [2.75, 3.05) is 18.5 Å². The molecule has 0 aliphatic heterocycles. The first kappa shape index (κ1) is 18.0. The summed E-state index contributed by atoms with van der Waals surface area (Å²) in [5, 5.41) is 17.0. The van der Waals surface area contributed by atoms with E-state index >= 15 is 0 Å². The molecule has 0 aliphatic rings. The van der Waals surface area contributed by atoms with Crippen molar-refractivity contribution in [1.29, 1.82) is 0 Å². The van der Waals surface area contributed by atoms with Crippen LogP contribution >= 0.6 is 35.4 Å². The molecule has 23 heavy (non-hydrogen) atoms. The number of hydrogen-bond donors (Lipinski definition) is 3. The van der Waals surface area contributed by atoms with Gasteiger partial charge in [-0.05, 0) is 42.5 Å². The predicted molar refractivity (Wildman–Crippen MR) is 95.1 cm³/mol. The van der Waals surface area contributed by atoms with Crippen LogP contribution in [0.15, 0.2) is 41.0 Å². The standard InChI is InChI=1S/C15H16Cl2N2O3S/c16-10-3-4-14(13(17)6-10)19-15(23)18-7-11(20)8-21-9-12-2-1-5-22-12/h1-6,11,20H,7-9H2,(H2,18,19,23)/t11-/m0/s1. The Morgan fingerprint density at radius 2 is 2.17 bits per heavy atom. The van der Waals surface area contributed by atoms with E-state index in [2.05, 4.69) is 10.6 Å². The average Bonchev–Trinajstić information content (AvgIpc) is 3.01. The molecule has 124 valence electrons. The molecule has 1 aromatic carbocycles. The Morgan fingerprint density at radius 3 is 2.87 bits per heavy atom. The van der Waals surface area contributed by atoms with Gasteiger partial charge in [-0.3, -0.25) is 0 Å². The molecule has 8 heteroatoms. The summed E-state index contributed by atoms with van der Waals surface area (Å²) in [7, 11) is 0. The lowest BCUT2D eigenvalue weighted by molar-refractivity contribution is 0.0246. The molecule has 1 atom stereocenters. The Balaban J connectivity index is 1.67. The quantitative estimate of drug-likeness (QED) is 0.645. The van der Waals surface area contributed by atoms with E-state index < -0.39 is 6.10 Å². The molecule has 0 saturated carbocycles. The Bertz CT molecular complexity index is 638. The van der Waals surface area contributed by atoms with E-state index in [1.807, 2.05) is 0 Å². The van der Waals surface area contributed by atoms with Gasteiger partial charge >= 0.3 is 0 Å². The van der Waals surface area contributed by atoms with Gasteiger partial charge in [-0.15, -0.1) is 0 Å². The first-order valence-corrected chi connectivity index (χ1v) is 7.99. The summed E-state index contributed by atoms with van der Waals surface area (Å²) in [6, 6.07) is 8.63. The summed E-state index contributed by atoms with van der Waals surface area (Å²) in [6.07, 6.45) is 0.869. The SMILES string of the molecule is O[C@@H](CNC(=S)Nc1ccc(Cl)cc1Cl)COCc1ccco1. The van der Waals surface area contributed by atoms with Crippen LogP contribution in [0.2, 0.25) is 10.0 Å². The third-order valence-electron chi connectivity index (χ3n) is 2.81. The minimum Gasteiger partial charge on any atom is -0.467 e. The molecule has 0 spiro atoms. The van der Waals surface area contributed by atoms with Crippen molar-refractivity contribution in [3.63, 3.8) is 0 Å². The van der Waals surface area contributed by atoms with Crippen LogP contribution in [0.1, 0.15) is 5.76 Å². The van der Waals surface area contributed by atoms with E-state index in [4.69, 9.17) is 44.6 Å². The number of hydrogen-bond acceptors (Lipinski definition) is 4. The van der Waals surface area contributed by atoms with Gasteiger partial charge in [0.05, 0.1) is 29.7 Å². The molecule has 0 radical (unpaired) electrons. The van der Waals surface area contributed by atoms with Gasteiger partial charge in [0.1, 0.15) is 12.4 Å². The van der Waals surface area contributed by atoms with E-state index in [1.54, 1.807) is 36.6 Å². The van der Waals surface area contributed by atoms with Crippen molar-refractivity contribution in [1.82, 2.24) is 5.32 Å². The molecule has 0 unspecified atom stereocenters. The van der Waals surface area contributed by atoms with Crippen LogP contribution < -0.4 is 10.6 Å². The maximum atomic E-state index is 9.83. The van der Waals surface area contributed by atoms with Crippen molar-refractivity contribution in [3.05, 3.63) is 52.4 Å². The van der Waals surface area contributed by atoms with Gasteiger partial charge in [0.2, 0.25) is 0 Å². The zero-order chi connectivity index (χ0) is 16.7. The second kappa shape index (κ2) is 9.10. The molecular weight excluding hydrogens is 359 g/mol. The predicted octanol–water partition coefficient (Wildman–Crippen LogP) is 3.45. The van der Waals surface area contributed by atoms with Crippen LogP contribution in [-0.4, -0.2) is 29.5 Å². The van der Waals surface area contributed by atoms with Gasteiger partial charge in [0, 0.05) is 11.6 Å². The molecule has 0 fully saturated rings. The van der Waals surface area contributed by atoms with Crippen molar-refractivity contribution in [2.24, 2.45) is 0 Å². The van der Waals surface area contributed by atoms with E-state index in [9.17, 15) is 5.11 Å². The minimum atomic E-state index is -0.703. The highest BCUT2D eigenvalue weighted by atomic mass is 35.5. The van der Waals surface area contributed by atoms with E-state index in [0.717, 1.165) is 0 Å². The highest BCUT2D eigenvalue weighted by Crippen LogP contribution is 2.25. The van der Waals surface area contributed by atoms with Crippen molar-refractivity contribution in [3.8, 4) is 0 Å². The highest BCUT2D eigenvalue weighted by molar-refractivity contribution is 7.80. The normalized spacial score (nSPS) is 12.0. The second-order valence-corrected chi connectivity index (χ2v) is 5.96. The van der Waals surface area contributed by atoms with E-state index in [0.29, 0.717) is 33.2 Å². The zero-order valence-corrected chi connectivity index (χ0v) is 14.4. The van der Waals surface area contributed by atoms with Crippen LogP contribution in [-0.2, 0) is 11.3 Å². The van der Waals surface area contributed by atoms with Crippen molar-refractivity contribution >= 4 is 46.2 Å². The number of ether oxygens (including phenoxy) is 1. The monoisotopic (exact) mass is 374 g/mol. The fourth-order valence-corrected chi connectivity index (χ4v) is 2.37. The summed E-state index contributed by atoms with van der Waals surface area (Å²) >= 11 is 17.0. The van der Waals surface area contributed by atoms with Gasteiger partial charge in [0.15, 0.2) is 5.11 Å². The molecular formula is C15H16Cl2N2O3S. The lowest BCUT2D eigenvalue weighted by Crippen LogP contribution is -2.37. The third-order valence-corrected chi connectivity index (χ3v) is 3.61. The van der Waals surface area contributed by atoms with Gasteiger partial charge < -0.3 is 24.9 Å². The smallest absolute Gasteiger partial charge is 0.170 e. The summed E-state index contributed by atoms with van der Waals surface area (Å²) in [6.45, 7) is 0.723. The molecule has 2 aromatic rings. The van der Waals surface area contributed by atoms with Crippen molar-refractivity contribution < 1.29 is 14.3 Å². The van der Waals surface area contributed by atoms with Gasteiger partial charge in [-0.1, -0.05) is 23.2 Å². The maximum Gasteiger partial charge on any atom is 0.170 e. The minimum absolute atomic E-state index is 0.165. The number of nitrogens with one attached hydrogen (secondary N) is 2. The van der Waals surface area contributed by atoms with E-state index in [-0.39, 0.29) is 13.2 Å². The molecule has 0 amide bonds. The number of benzene rings is 1. The van der Waals surface area contributed by atoms with Gasteiger partial charge in [-0.2, -0.15) is 0 Å². The summed E-state index contributed by atoms with van der Waals surface area (Å²) < 4.78 is 10.5. The molecule has 0 aliphatic carbocycles. The lowest BCUT2D eigenvalue weighted by Gasteiger charge is -2.15. The Labute approximate surface area is 149 Å². The first-order valence-electron chi connectivity index (χ1n) is 6.82. The number of anilines is 1.